The summed E-state index contributed by atoms with van der Waals surface area (Å²) in [7, 11) is -1.90. The normalized spacial score (nSPS) is 11.8. The molecule has 0 aromatic carbocycles. The molecule has 7 nitrogen and oxygen atoms in total. The Morgan fingerprint density at radius 1 is 1.24 bits per heavy atom. The molecule has 0 spiro atoms. The maximum Gasteiger partial charge on any atom is 0.260 e. The van der Waals surface area contributed by atoms with Crippen LogP contribution in [0.4, 0.5) is 0 Å². The summed E-state index contributed by atoms with van der Waals surface area (Å²) >= 11 is 0. The second-order valence-corrected chi connectivity index (χ2v) is 6.48. The average Bonchev–Trinajstić information content (AvgIpc) is 2.81. The fourth-order valence-corrected chi connectivity index (χ4v) is 3.10. The number of aryl methyl sites for hydroxylation is 2. The summed E-state index contributed by atoms with van der Waals surface area (Å²) in [6.07, 6.45) is 1.65. The molecule has 0 saturated heterocycles. The maximum atomic E-state index is 12.3. The summed E-state index contributed by atoms with van der Waals surface area (Å²) in [5.74, 6) is 0. The van der Waals surface area contributed by atoms with Gasteiger partial charge in [-0.1, -0.05) is 6.07 Å². The SMILES string of the molecule is CNCc1c(S(=O)(=O)NCc2ccc(C)nc2)n[nH]c1C. The van der Waals surface area contributed by atoms with Gasteiger partial charge in [-0.3, -0.25) is 10.1 Å². The Labute approximate surface area is 124 Å². The van der Waals surface area contributed by atoms with Gasteiger partial charge in [-0.05, 0) is 32.5 Å². The molecule has 2 heterocycles. The Morgan fingerprint density at radius 2 is 2.00 bits per heavy atom. The lowest BCUT2D eigenvalue weighted by Gasteiger charge is -2.07. The standard InChI is InChI=1S/C13H19N5O2S/c1-9-4-5-11(6-15-9)7-16-21(19,20)13-12(8-14-3)10(2)17-18-13/h4-6,14,16H,7-8H2,1-3H3,(H,17,18). The fourth-order valence-electron chi connectivity index (χ4n) is 1.89. The molecule has 0 amide bonds. The monoisotopic (exact) mass is 309 g/mol. The molecule has 0 aliphatic heterocycles. The third kappa shape index (κ3) is 3.66. The predicted octanol–water partition coefficient (Wildman–Crippen LogP) is 0.619. The van der Waals surface area contributed by atoms with E-state index in [2.05, 4.69) is 25.2 Å². The lowest BCUT2D eigenvalue weighted by molar-refractivity contribution is 0.574. The van der Waals surface area contributed by atoms with E-state index in [4.69, 9.17) is 0 Å². The minimum Gasteiger partial charge on any atom is -0.316 e. The molecule has 114 valence electrons. The first kappa shape index (κ1) is 15.6. The first-order chi connectivity index (χ1) is 9.94. The predicted molar refractivity (Wildman–Crippen MR) is 79.1 cm³/mol. The molecule has 0 bridgehead atoms. The quantitative estimate of drug-likeness (QED) is 0.726. The van der Waals surface area contributed by atoms with Gasteiger partial charge >= 0.3 is 0 Å². The van der Waals surface area contributed by atoms with Gasteiger partial charge in [0.05, 0.1) is 0 Å². The Kier molecular flexibility index (Phi) is 4.71. The van der Waals surface area contributed by atoms with Crippen molar-refractivity contribution in [2.45, 2.75) is 32.0 Å². The highest BCUT2D eigenvalue weighted by Crippen LogP contribution is 2.16. The van der Waals surface area contributed by atoms with Crippen molar-refractivity contribution >= 4 is 10.0 Å². The summed E-state index contributed by atoms with van der Waals surface area (Å²) in [6, 6.07) is 3.68. The lowest BCUT2D eigenvalue weighted by Crippen LogP contribution is -2.25. The van der Waals surface area contributed by atoms with E-state index in [1.807, 2.05) is 19.1 Å². The minimum atomic E-state index is -3.66. The number of rotatable bonds is 6. The minimum absolute atomic E-state index is 0.0365. The number of nitrogens with one attached hydrogen (secondary N) is 3. The number of aromatic amines is 1. The molecule has 2 aromatic rings. The van der Waals surface area contributed by atoms with E-state index in [-0.39, 0.29) is 11.6 Å². The number of sulfonamides is 1. The highest BCUT2D eigenvalue weighted by molar-refractivity contribution is 7.89. The van der Waals surface area contributed by atoms with Crippen LogP contribution in [0, 0.1) is 13.8 Å². The molecule has 0 radical (unpaired) electrons. The van der Waals surface area contributed by atoms with Crippen LogP contribution in [0.2, 0.25) is 0 Å². The van der Waals surface area contributed by atoms with Crippen molar-refractivity contribution in [2.24, 2.45) is 0 Å². The first-order valence-electron chi connectivity index (χ1n) is 6.53. The van der Waals surface area contributed by atoms with E-state index in [0.29, 0.717) is 12.1 Å². The molecule has 0 saturated carbocycles. The van der Waals surface area contributed by atoms with Gasteiger partial charge in [0.1, 0.15) is 0 Å². The molecule has 21 heavy (non-hydrogen) atoms. The van der Waals surface area contributed by atoms with E-state index in [1.54, 1.807) is 20.2 Å². The smallest absolute Gasteiger partial charge is 0.260 e. The van der Waals surface area contributed by atoms with Gasteiger partial charge in [0.15, 0.2) is 5.03 Å². The molecule has 3 N–H and O–H groups in total. The zero-order valence-corrected chi connectivity index (χ0v) is 13.1. The first-order valence-corrected chi connectivity index (χ1v) is 8.02. The van der Waals surface area contributed by atoms with Crippen molar-refractivity contribution in [3.8, 4) is 0 Å². The Balaban J connectivity index is 2.17. The van der Waals surface area contributed by atoms with Crippen LogP contribution in [-0.2, 0) is 23.1 Å². The van der Waals surface area contributed by atoms with Crippen molar-refractivity contribution in [1.82, 2.24) is 25.2 Å². The summed E-state index contributed by atoms with van der Waals surface area (Å²) in [4.78, 5) is 4.14. The summed E-state index contributed by atoms with van der Waals surface area (Å²) in [5, 5.41) is 9.59. The number of nitrogens with zero attached hydrogens (tertiary/aromatic N) is 2. The highest BCUT2D eigenvalue weighted by Gasteiger charge is 2.23. The van der Waals surface area contributed by atoms with Gasteiger partial charge in [0, 0.05) is 36.2 Å². The average molecular weight is 309 g/mol. The molecule has 2 rings (SSSR count). The van der Waals surface area contributed by atoms with Crippen molar-refractivity contribution in [3.05, 3.63) is 40.8 Å². The van der Waals surface area contributed by atoms with Gasteiger partial charge in [-0.25, -0.2) is 13.1 Å². The van der Waals surface area contributed by atoms with Gasteiger partial charge in [0.25, 0.3) is 10.0 Å². The molecular weight excluding hydrogens is 290 g/mol. The van der Waals surface area contributed by atoms with E-state index in [9.17, 15) is 8.42 Å². The number of hydrogen-bond acceptors (Lipinski definition) is 5. The maximum absolute atomic E-state index is 12.3. The zero-order chi connectivity index (χ0) is 15.5. The topological polar surface area (TPSA) is 99.8 Å². The van der Waals surface area contributed by atoms with E-state index in [0.717, 1.165) is 17.0 Å². The van der Waals surface area contributed by atoms with E-state index < -0.39 is 10.0 Å². The van der Waals surface area contributed by atoms with Gasteiger partial charge in [-0.15, -0.1) is 0 Å². The van der Waals surface area contributed by atoms with Crippen LogP contribution in [0.1, 0.15) is 22.5 Å². The zero-order valence-electron chi connectivity index (χ0n) is 12.3. The van der Waals surface area contributed by atoms with Crippen molar-refractivity contribution < 1.29 is 8.42 Å². The third-order valence-corrected chi connectivity index (χ3v) is 4.45. The molecule has 0 aliphatic carbocycles. The van der Waals surface area contributed by atoms with Crippen molar-refractivity contribution in [2.75, 3.05) is 7.05 Å². The van der Waals surface area contributed by atoms with Crippen LogP contribution in [0.5, 0.6) is 0 Å². The number of pyridine rings is 1. The summed E-state index contributed by atoms with van der Waals surface area (Å²) in [6.45, 7) is 4.29. The summed E-state index contributed by atoms with van der Waals surface area (Å²) < 4.78 is 27.2. The summed E-state index contributed by atoms with van der Waals surface area (Å²) in [5.41, 5.74) is 3.07. The second kappa shape index (κ2) is 6.33. The van der Waals surface area contributed by atoms with Crippen LogP contribution in [0.15, 0.2) is 23.4 Å². The van der Waals surface area contributed by atoms with Crippen LogP contribution in [-0.4, -0.2) is 30.6 Å². The molecular formula is C13H19N5O2S. The molecule has 8 heteroatoms. The Bertz CT molecular complexity index is 707. The molecule has 2 aromatic heterocycles. The van der Waals surface area contributed by atoms with Crippen LogP contribution >= 0.6 is 0 Å². The molecule has 0 aliphatic rings. The molecule has 0 atom stereocenters. The Morgan fingerprint density at radius 3 is 2.62 bits per heavy atom. The van der Waals surface area contributed by atoms with Gasteiger partial charge in [0.2, 0.25) is 0 Å². The lowest BCUT2D eigenvalue weighted by atomic mass is 10.2. The number of hydrogen-bond donors (Lipinski definition) is 3. The van der Waals surface area contributed by atoms with Gasteiger partial charge in [-0.2, -0.15) is 5.10 Å². The van der Waals surface area contributed by atoms with Crippen molar-refractivity contribution in [1.29, 1.82) is 0 Å². The van der Waals surface area contributed by atoms with Gasteiger partial charge < -0.3 is 5.32 Å². The van der Waals surface area contributed by atoms with Crippen LogP contribution < -0.4 is 10.0 Å². The molecule has 0 unspecified atom stereocenters. The van der Waals surface area contributed by atoms with E-state index in [1.165, 1.54) is 0 Å². The number of aromatic nitrogens is 3. The van der Waals surface area contributed by atoms with E-state index >= 15 is 0 Å². The third-order valence-electron chi connectivity index (χ3n) is 3.08. The number of H-pyrrole nitrogens is 1. The molecule has 0 fully saturated rings. The largest absolute Gasteiger partial charge is 0.316 e. The Hall–Kier alpha value is -1.77. The van der Waals surface area contributed by atoms with Crippen LogP contribution in [0.3, 0.4) is 0 Å². The fraction of sp³-hybridized carbons (Fsp3) is 0.385. The van der Waals surface area contributed by atoms with Crippen LogP contribution in [0.25, 0.3) is 0 Å². The second-order valence-electron chi connectivity index (χ2n) is 4.80. The highest BCUT2D eigenvalue weighted by atomic mass is 32.2. The van der Waals surface area contributed by atoms with Crippen molar-refractivity contribution in [3.63, 3.8) is 0 Å².